The van der Waals surface area contributed by atoms with Crippen molar-refractivity contribution in [3.05, 3.63) is 51.9 Å². The van der Waals surface area contributed by atoms with Crippen LogP contribution >= 0.6 is 0 Å². The van der Waals surface area contributed by atoms with Crippen LogP contribution in [0.1, 0.15) is 17.5 Å². The molecule has 0 saturated carbocycles. The second-order valence-electron chi connectivity index (χ2n) is 6.23. The fraction of sp³-hybridized carbons (Fsp3) is 0.211. The minimum absolute atomic E-state index is 0.335. The molecule has 0 saturated heterocycles. The average molecular weight is 285 g/mol. The van der Waals surface area contributed by atoms with Crippen LogP contribution in [0.4, 0.5) is 17.1 Å². The van der Waals surface area contributed by atoms with Crippen molar-refractivity contribution < 1.29 is 0 Å². The van der Waals surface area contributed by atoms with Gasteiger partial charge in [0.25, 0.3) is 0 Å². The van der Waals surface area contributed by atoms with E-state index in [9.17, 15) is 0 Å². The number of likely N-dealkylation sites (N-methyl/N-ethyl adjacent to an activating group) is 1. The van der Waals surface area contributed by atoms with Crippen molar-refractivity contribution in [2.24, 2.45) is 0 Å². The molecule has 0 amide bonds. The zero-order valence-corrected chi connectivity index (χ0v) is 12.4. The van der Waals surface area contributed by atoms with Crippen molar-refractivity contribution in [2.75, 3.05) is 16.8 Å². The molecule has 2 aromatic carbocycles. The van der Waals surface area contributed by atoms with E-state index >= 15 is 0 Å². The lowest BCUT2D eigenvalue weighted by Crippen LogP contribution is -2.36. The van der Waals surface area contributed by atoms with Crippen molar-refractivity contribution >= 4 is 29.2 Å². The molecule has 0 N–H and O–H groups in total. The zero-order valence-electron chi connectivity index (χ0n) is 12.4. The number of hydrogen-bond donors (Lipinski definition) is 0. The van der Waals surface area contributed by atoms with Crippen LogP contribution in [0.25, 0.3) is 12.2 Å². The summed E-state index contributed by atoms with van der Waals surface area (Å²) in [6.45, 7) is 0. The number of nitriles is 1. The maximum atomic E-state index is 9.11. The van der Waals surface area contributed by atoms with Crippen LogP contribution in [0.3, 0.4) is 0 Å². The first-order chi connectivity index (χ1) is 10.8. The van der Waals surface area contributed by atoms with E-state index in [0.29, 0.717) is 6.17 Å². The minimum atomic E-state index is 0.335. The molecule has 1 unspecified atom stereocenters. The molecule has 0 fully saturated rings. The van der Waals surface area contributed by atoms with Gasteiger partial charge in [0.1, 0.15) is 6.17 Å². The van der Waals surface area contributed by atoms with Crippen LogP contribution in [0, 0.1) is 11.3 Å². The maximum absolute atomic E-state index is 9.11. The van der Waals surface area contributed by atoms with Crippen LogP contribution in [-0.2, 0) is 6.42 Å². The Morgan fingerprint density at radius 2 is 1.82 bits per heavy atom. The Bertz CT molecular complexity index is 981. The lowest BCUT2D eigenvalue weighted by molar-refractivity contribution is 0.704. The largest absolute Gasteiger partial charge is 0.352 e. The molecule has 22 heavy (non-hydrogen) atoms. The van der Waals surface area contributed by atoms with Crippen molar-refractivity contribution in [2.45, 2.75) is 19.0 Å². The summed E-state index contributed by atoms with van der Waals surface area (Å²) in [5, 5.41) is 11.8. The van der Waals surface area contributed by atoms with Crippen LogP contribution in [0.5, 0.6) is 0 Å². The van der Waals surface area contributed by atoms with Crippen LogP contribution < -0.4 is 20.2 Å². The predicted octanol–water partition coefficient (Wildman–Crippen LogP) is 1.99. The van der Waals surface area contributed by atoms with E-state index in [1.54, 1.807) is 0 Å². The Kier molecular flexibility index (Phi) is 2.12. The summed E-state index contributed by atoms with van der Waals surface area (Å²) in [5.41, 5.74) is 5.88. The number of nitrogens with zero attached hydrogens (tertiary/aromatic N) is 3. The highest BCUT2D eigenvalue weighted by molar-refractivity contribution is 5.87. The highest BCUT2D eigenvalue weighted by Gasteiger charge is 2.40. The Balaban J connectivity index is 1.75. The molecule has 3 nitrogen and oxygen atoms in total. The summed E-state index contributed by atoms with van der Waals surface area (Å²) in [6, 6.07) is 12.9. The van der Waals surface area contributed by atoms with E-state index in [1.807, 2.05) is 12.1 Å². The normalized spacial score (nSPS) is 19.7. The van der Waals surface area contributed by atoms with Crippen LogP contribution in [-0.4, -0.2) is 13.2 Å². The van der Waals surface area contributed by atoms with E-state index in [4.69, 9.17) is 5.26 Å². The van der Waals surface area contributed by atoms with Crippen molar-refractivity contribution in [1.82, 2.24) is 0 Å². The van der Waals surface area contributed by atoms with Gasteiger partial charge in [0.15, 0.2) is 0 Å². The highest BCUT2D eigenvalue weighted by Crippen LogP contribution is 2.48. The van der Waals surface area contributed by atoms with Gasteiger partial charge in [0, 0.05) is 19.2 Å². The summed E-state index contributed by atoms with van der Waals surface area (Å²) in [4.78, 5) is 4.80. The van der Waals surface area contributed by atoms with Gasteiger partial charge in [-0.2, -0.15) is 5.26 Å². The van der Waals surface area contributed by atoms with Crippen molar-refractivity contribution in [1.29, 1.82) is 5.26 Å². The molecule has 0 aromatic heterocycles. The summed E-state index contributed by atoms with van der Waals surface area (Å²) in [7, 11) is 2.17. The Hall–Kier alpha value is -2.73. The average Bonchev–Trinajstić information content (AvgIpc) is 3.20. The fourth-order valence-corrected chi connectivity index (χ4v) is 4.01. The quantitative estimate of drug-likeness (QED) is 0.741. The third kappa shape index (κ3) is 1.35. The molecule has 0 bridgehead atoms. The fourth-order valence-electron chi connectivity index (χ4n) is 4.01. The number of benzene rings is 2. The molecule has 1 aliphatic carbocycles. The Morgan fingerprint density at radius 3 is 2.59 bits per heavy atom. The summed E-state index contributed by atoms with van der Waals surface area (Å²) < 4.78 is 0. The van der Waals surface area contributed by atoms with Gasteiger partial charge >= 0.3 is 0 Å². The van der Waals surface area contributed by atoms with Gasteiger partial charge in [-0.25, -0.2) is 0 Å². The van der Waals surface area contributed by atoms with Gasteiger partial charge in [-0.05, 0) is 52.8 Å². The monoisotopic (exact) mass is 285 g/mol. The van der Waals surface area contributed by atoms with E-state index in [2.05, 4.69) is 53.3 Å². The van der Waals surface area contributed by atoms with E-state index < -0.39 is 0 Å². The SMILES string of the molecule is CN1c2cc3c(cc2N2c4ccc(C#N)cc4CC12)=CCC=3. The first-order valence-electron chi connectivity index (χ1n) is 7.66. The van der Waals surface area contributed by atoms with Gasteiger partial charge in [-0.15, -0.1) is 0 Å². The van der Waals surface area contributed by atoms with Gasteiger partial charge < -0.3 is 9.80 Å². The summed E-state index contributed by atoms with van der Waals surface area (Å²) in [5.74, 6) is 0. The maximum Gasteiger partial charge on any atom is 0.110 e. The van der Waals surface area contributed by atoms with Gasteiger partial charge in [0.2, 0.25) is 0 Å². The lowest BCUT2D eigenvalue weighted by atomic mass is 10.1. The molecule has 5 rings (SSSR count). The first kappa shape index (κ1) is 11.9. The standard InChI is InChI=1S/C19H15N3/c1-21-17-8-13-3-2-4-14(13)9-18(17)22-16-6-5-12(11-20)7-15(16)10-19(21)22/h3-9,19H,2,10H2,1H3. The number of hydrogen-bond acceptors (Lipinski definition) is 3. The number of rotatable bonds is 0. The molecular weight excluding hydrogens is 270 g/mol. The van der Waals surface area contributed by atoms with Crippen molar-refractivity contribution in [3.63, 3.8) is 0 Å². The molecule has 2 aromatic rings. The molecule has 0 spiro atoms. The second kappa shape index (κ2) is 3.92. The molecule has 2 heterocycles. The van der Waals surface area contributed by atoms with Crippen LogP contribution in [0.15, 0.2) is 30.3 Å². The summed E-state index contributed by atoms with van der Waals surface area (Å²) in [6.07, 6.45) is 6.92. The molecule has 3 aliphatic rings. The predicted molar refractivity (Wildman–Crippen MR) is 88.4 cm³/mol. The van der Waals surface area contributed by atoms with Gasteiger partial charge in [-0.1, -0.05) is 12.2 Å². The summed E-state index contributed by atoms with van der Waals surface area (Å²) >= 11 is 0. The second-order valence-corrected chi connectivity index (χ2v) is 6.23. The third-order valence-electron chi connectivity index (χ3n) is 5.11. The first-order valence-corrected chi connectivity index (χ1v) is 7.66. The molecular formula is C19H15N3. The third-order valence-corrected chi connectivity index (χ3v) is 5.11. The van der Waals surface area contributed by atoms with Crippen LogP contribution in [0.2, 0.25) is 0 Å². The molecule has 1 atom stereocenters. The highest BCUT2D eigenvalue weighted by atomic mass is 15.4. The van der Waals surface area contributed by atoms with Crippen molar-refractivity contribution in [3.8, 4) is 6.07 Å². The molecule has 2 aliphatic heterocycles. The van der Waals surface area contributed by atoms with Gasteiger partial charge in [0.05, 0.1) is 23.0 Å². The number of anilines is 3. The number of fused-ring (bicyclic) bond motifs is 6. The Labute approximate surface area is 129 Å². The smallest absolute Gasteiger partial charge is 0.110 e. The molecule has 3 heteroatoms. The topological polar surface area (TPSA) is 30.3 Å². The zero-order chi connectivity index (χ0) is 14.8. The molecule has 0 radical (unpaired) electrons. The van der Waals surface area contributed by atoms with E-state index in [0.717, 1.165) is 18.4 Å². The molecule has 106 valence electrons. The lowest BCUT2D eigenvalue weighted by Gasteiger charge is -2.23. The van der Waals surface area contributed by atoms with E-state index in [-0.39, 0.29) is 0 Å². The Morgan fingerprint density at radius 1 is 1.05 bits per heavy atom. The van der Waals surface area contributed by atoms with Gasteiger partial charge in [-0.3, -0.25) is 0 Å². The minimum Gasteiger partial charge on any atom is -0.352 e. The van der Waals surface area contributed by atoms with E-state index in [1.165, 1.54) is 33.1 Å².